The quantitative estimate of drug-likeness (QED) is 0.306. The molecular formula is C37H41N2O3+. The highest BCUT2D eigenvalue weighted by Crippen LogP contribution is 2.48. The van der Waals surface area contributed by atoms with Gasteiger partial charge in [0.15, 0.2) is 0 Å². The molecule has 0 bridgehead atoms. The normalized spacial score (nSPS) is 18.2. The summed E-state index contributed by atoms with van der Waals surface area (Å²) in [7, 11) is 0. The van der Waals surface area contributed by atoms with E-state index in [4.69, 9.17) is 14.3 Å². The average molecular weight is 562 g/mol. The van der Waals surface area contributed by atoms with E-state index in [1.807, 2.05) is 0 Å². The Hall–Kier alpha value is -3.69. The van der Waals surface area contributed by atoms with Gasteiger partial charge in [0.05, 0.1) is 5.56 Å². The number of aryl methyl sites for hydroxylation is 2. The van der Waals surface area contributed by atoms with Gasteiger partial charge >= 0.3 is 6.15 Å². The minimum atomic E-state index is 0.250. The van der Waals surface area contributed by atoms with Gasteiger partial charge in [0.1, 0.15) is 24.6 Å². The Bertz CT molecular complexity index is 1730. The minimum absolute atomic E-state index is 0.250. The molecule has 5 aliphatic heterocycles. The first-order valence-electron chi connectivity index (χ1n) is 16.1. The molecule has 0 aliphatic carbocycles. The van der Waals surface area contributed by atoms with Crippen molar-refractivity contribution in [1.82, 2.24) is 4.58 Å². The topological polar surface area (TPSA) is 49.6 Å². The van der Waals surface area contributed by atoms with Crippen LogP contribution in [0.15, 0.2) is 36.4 Å². The van der Waals surface area contributed by atoms with E-state index >= 15 is 0 Å². The fourth-order valence-corrected chi connectivity index (χ4v) is 8.19. The lowest BCUT2D eigenvalue weighted by Crippen LogP contribution is -2.41. The Labute approximate surface area is 248 Å². The average Bonchev–Trinajstić information content (AvgIpc) is 3.35. The van der Waals surface area contributed by atoms with E-state index in [0.29, 0.717) is 5.92 Å². The molecule has 0 aromatic heterocycles. The first kappa shape index (κ1) is 27.2. The lowest BCUT2D eigenvalue weighted by Gasteiger charge is -2.35. The van der Waals surface area contributed by atoms with Crippen LogP contribution in [0.5, 0.6) is 11.5 Å². The Kier molecular flexibility index (Phi) is 7.23. The molecule has 0 fully saturated rings. The standard InChI is InChI=1S/C36H41N2O.CO2/c1-23(2)24-12-7-13-25(20-24)32-30-21-26-10-3-5-16-37-18-8-14-28(33(26)37)35(30)39-36-29-15-9-19-38-17-6-4-11-27(34(29)38)22-31(32)36;2-1-3/h7,12-13,20-23H,3-6,8-11,14-19H2,1-2H3;/q+1;. The molecule has 5 heteroatoms. The summed E-state index contributed by atoms with van der Waals surface area (Å²) in [5.74, 6) is 2.84. The van der Waals surface area contributed by atoms with Crippen molar-refractivity contribution in [3.63, 3.8) is 0 Å². The summed E-state index contributed by atoms with van der Waals surface area (Å²) < 4.78 is 9.94. The van der Waals surface area contributed by atoms with Crippen molar-refractivity contribution in [3.8, 4) is 11.5 Å². The van der Waals surface area contributed by atoms with E-state index < -0.39 is 0 Å². The van der Waals surface area contributed by atoms with Crippen LogP contribution >= 0.6 is 0 Å². The Morgan fingerprint density at radius 2 is 1.57 bits per heavy atom. The van der Waals surface area contributed by atoms with Gasteiger partial charge in [-0.1, -0.05) is 38.1 Å². The number of fused-ring (bicyclic) bond motifs is 4. The minimum Gasteiger partial charge on any atom is -0.455 e. The third kappa shape index (κ3) is 4.50. The molecule has 8 rings (SSSR count). The molecule has 5 aliphatic rings. The summed E-state index contributed by atoms with van der Waals surface area (Å²) in [5, 5.41) is 2.86. The van der Waals surface area contributed by atoms with Crippen molar-refractivity contribution in [1.29, 1.82) is 0 Å². The molecule has 5 heterocycles. The van der Waals surface area contributed by atoms with E-state index in [9.17, 15) is 0 Å². The number of ether oxygens (including phenoxy) is 1. The van der Waals surface area contributed by atoms with Gasteiger partial charge in [-0.2, -0.15) is 9.59 Å². The Morgan fingerprint density at radius 1 is 0.810 bits per heavy atom. The summed E-state index contributed by atoms with van der Waals surface area (Å²) in [6, 6.07) is 14.5. The number of hydrogen-bond acceptors (Lipinski definition) is 4. The van der Waals surface area contributed by atoms with Crippen LogP contribution in [-0.4, -0.2) is 32.3 Å². The summed E-state index contributed by atoms with van der Waals surface area (Å²) in [4.78, 5) is 18.9. The molecule has 0 spiro atoms. The maximum atomic E-state index is 8.12. The van der Waals surface area contributed by atoms with E-state index in [-0.39, 0.29) is 6.15 Å². The number of hydrogen-bond donors (Lipinski definition) is 0. The Morgan fingerprint density at radius 3 is 2.43 bits per heavy atom. The molecule has 3 aromatic carbocycles. The Balaban J connectivity index is 0.000000923. The molecule has 0 radical (unpaired) electrons. The highest BCUT2D eigenvalue weighted by atomic mass is 16.5. The zero-order valence-electron chi connectivity index (χ0n) is 25.1. The fourth-order valence-electron chi connectivity index (χ4n) is 8.19. The lowest BCUT2D eigenvalue weighted by atomic mass is 9.83. The zero-order chi connectivity index (χ0) is 28.8. The molecule has 0 N–H and O–H groups in total. The summed E-state index contributed by atoms with van der Waals surface area (Å²) in [6.07, 6.45) is 12.5. The second-order valence-electron chi connectivity index (χ2n) is 12.9. The van der Waals surface area contributed by atoms with Crippen LogP contribution in [0.4, 0.5) is 5.69 Å². The molecule has 0 saturated carbocycles. The number of nitrogens with zero attached hydrogens (tertiary/aromatic N) is 2. The predicted molar refractivity (Wildman–Crippen MR) is 165 cm³/mol. The van der Waals surface area contributed by atoms with Gasteiger partial charge in [-0.25, -0.2) is 4.58 Å². The van der Waals surface area contributed by atoms with Crippen LogP contribution in [-0.2, 0) is 35.3 Å². The summed E-state index contributed by atoms with van der Waals surface area (Å²) in [6.45, 7) is 9.39. The van der Waals surface area contributed by atoms with Crippen LogP contribution in [0.1, 0.15) is 97.2 Å². The second kappa shape index (κ2) is 11.2. The van der Waals surface area contributed by atoms with Gasteiger partial charge in [-0.05, 0) is 86.1 Å². The predicted octanol–water partition coefficient (Wildman–Crippen LogP) is 5.44. The number of rotatable bonds is 2. The smallest absolute Gasteiger partial charge is 0.373 e. The van der Waals surface area contributed by atoms with E-state index in [0.717, 1.165) is 12.8 Å². The molecule has 0 atom stereocenters. The van der Waals surface area contributed by atoms with Gasteiger partial charge < -0.3 is 9.64 Å². The number of benzene rings is 3. The third-order valence-electron chi connectivity index (χ3n) is 10.0. The third-order valence-corrected chi connectivity index (χ3v) is 10.0. The van der Waals surface area contributed by atoms with Gasteiger partial charge in [0.25, 0.3) is 0 Å². The monoisotopic (exact) mass is 561 g/mol. The maximum absolute atomic E-state index is 8.12. The highest BCUT2D eigenvalue weighted by Gasteiger charge is 2.35. The van der Waals surface area contributed by atoms with Gasteiger partial charge in [0.2, 0.25) is 5.36 Å². The molecule has 0 amide bonds. The molecule has 216 valence electrons. The van der Waals surface area contributed by atoms with Gasteiger partial charge in [-0.15, -0.1) is 0 Å². The van der Waals surface area contributed by atoms with Crippen molar-refractivity contribution in [3.05, 3.63) is 85.9 Å². The van der Waals surface area contributed by atoms with Crippen molar-refractivity contribution in [2.45, 2.75) is 84.0 Å². The van der Waals surface area contributed by atoms with Crippen molar-refractivity contribution in [2.75, 3.05) is 31.1 Å². The molecule has 5 nitrogen and oxygen atoms in total. The maximum Gasteiger partial charge on any atom is 0.373 e. The summed E-state index contributed by atoms with van der Waals surface area (Å²) >= 11 is 0. The van der Waals surface area contributed by atoms with E-state index in [1.165, 1.54) is 139 Å². The van der Waals surface area contributed by atoms with Crippen molar-refractivity contribution >= 4 is 17.4 Å². The lowest BCUT2D eigenvalue weighted by molar-refractivity contribution is -0.191. The second-order valence-corrected chi connectivity index (χ2v) is 12.9. The fraction of sp³-hybridized carbons (Fsp3) is 0.459. The van der Waals surface area contributed by atoms with Crippen LogP contribution in [0.25, 0.3) is 5.57 Å². The van der Waals surface area contributed by atoms with Gasteiger partial charge in [0, 0.05) is 59.1 Å². The van der Waals surface area contributed by atoms with Crippen LogP contribution in [0.2, 0.25) is 0 Å². The van der Waals surface area contributed by atoms with Crippen LogP contribution in [0.3, 0.4) is 0 Å². The first-order chi connectivity index (χ1) is 20.6. The largest absolute Gasteiger partial charge is 0.455 e. The highest BCUT2D eigenvalue weighted by molar-refractivity contribution is 5.89. The number of anilines is 1. The molecule has 0 saturated heterocycles. The number of carbonyl (C=O) groups excluding carboxylic acids is 2. The molecular weight excluding hydrogens is 520 g/mol. The van der Waals surface area contributed by atoms with E-state index in [1.54, 1.807) is 11.1 Å². The first-order valence-corrected chi connectivity index (χ1v) is 16.1. The van der Waals surface area contributed by atoms with Crippen LogP contribution in [0, 0.1) is 0 Å². The van der Waals surface area contributed by atoms with E-state index in [2.05, 4.69) is 59.7 Å². The SMILES string of the molecule is CC(C)c1cccc(C2=c3cc4c5c(c3Oc3c2cc2c6c3CCCN6CCCC2)CCC[N+]=5CCCC4)c1.O=C=O. The molecule has 42 heavy (non-hydrogen) atoms. The van der Waals surface area contributed by atoms with Crippen molar-refractivity contribution in [2.24, 2.45) is 0 Å². The zero-order valence-corrected chi connectivity index (χ0v) is 25.1. The molecule has 0 unspecified atom stereocenters. The molecule has 3 aromatic rings. The van der Waals surface area contributed by atoms with Crippen molar-refractivity contribution < 1.29 is 14.3 Å². The van der Waals surface area contributed by atoms with Gasteiger partial charge in [-0.3, -0.25) is 0 Å². The summed E-state index contributed by atoms with van der Waals surface area (Å²) in [5.41, 5.74) is 13.1. The van der Waals surface area contributed by atoms with Crippen LogP contribution < -0.4 is 24.8 Å².